The summed E-state index contributed by atoms with van der Waals surface area (Å²) in [4.78, 5) is 0. The number of alkyl halides is 1. The minimum Gasteiger partial charge on any atom is -0.122 e. The Labute approximate surface area is 98.0 Å². The van der Waals surface area contributed by atoms with Gasteiger partial charge in [0.25, 0.3) is 0 Å². The molecule has 0 saturated carbocycles. The van der Waals surface area contributed by atoms with Crippen molar-refractivity contribution < 1.29 is 0 Å². The highest BCUT2D eigenvalue weighted by Gasteiger charge is 2.02. The molecule has 0 bridgehead atoms. The first-order valence-electron chi connectivity index (χ1n) is 5.41. The molecule has 0 heterocycles. The van der Waals surface area contributed by atoms with Gasteiger partial charge in [-0.3, -0.25) is 0 Å². The average Bonchev–Trinajstić information content (AvgIpc) is 2.17. The predicted molar refractivity (Wildman–Crippen MR) is 69.6 cm³/mol. The molecule has 0 aliphatic rings. The fraction of sp³-hybridized carbons (Fsp3) is 0.429. The van der Waals surface area contributed by atoms with Gasteiger partial charge in [-0.25, -0.2) is 0 Å². The number of halogens is 1. The average molecular weight is 223 g/mol. The third kappa shape index (κ3) is 3.10. The van der Waals surface area contributed by atoms with Gasteiger partial charge in [0.05, 0.1) is 0 Å². The maximum Gasteiger partial charge on any atom is 0.0436 e. The van der Waals surface area contributed by atoms with E-state index < -0.39 is 0 Å². The Morgan fingerprint density at radius 2 is 1.73 bits per heavy atom. The summed E-state index contributed by atoms with van der Waals surface area (Å²) in [5.41, 5.74) is 6.63. The summed E-state index contributed by atoms with van der Waals surface area (Å²) in [6.07, 6.45) is 3.26. The highest BCUT2D eigenvalue weighted by atomic mass is 35.5. The van der Waals surface area contributed by atoms with Gasteiger partial charge in [-0.1, -0.05) is 36.3 Å². The van der Waals surface area contributed by atoms with Crippen LogP contribution in [0.4, 0.5) is 0 Å². The number of hydrogen-bond donors (Lipinski definition) is 0. The van der Waals surface area contributed by atoms with E-state index in [1.165, 1.54) is 27.8 Å². The number of rotatable bonds is 3. The second kappa shape index (κ2) is 5.37. The highest BCUT2D eigenvalue weighted by molar-refractivity contribution is 6.19. The van der Waals surface area contributed by atoms with E-state index in [0.29, 0.717) is 5.88 Å². The quantitative estimate of drug-likeness (QED) is 0.654. The molecule has 0 aromatic heterocycles. The fourth-order valence-electron chi connectivity index (χ4n) is 1.86. The summed E-state index contributed by atoms with van der Waals surface area (Å²) in [6, 6.07) is 4.45. The van der Waals surface area contributed by atoms with E-state index in [0.717, 1.165) is 6.42 Å². The summed E-state index contributed by atoms with van der Waals surface area (Å²) in [6.45, 7) is 8.60. The van der Waals surface area contributed by atoms with Crippen LogP contribution in [-0.4, -0.2) is 5.88 Å². The minimum absolute atomic E-state index is 0.628. The molecule has 0 unspecified atom stereocenters. The molecule has 1 aromatic carbocycles. The Kier molecular flexibility index (Phi) is 4.41. The standard InChI is InChI=1S/C14H19Cl/c1-5-13(9-15)8-14-11(3)6-10(2)7-12(14)4/h6-8H,5,9H2,1-4H3. The summed E-state index contributed by atoms with van der Waals surface area (Å²) >= 11 is 5.89. The second-order valence-corrected chi connectivity index (χ2v) is 4.37. The van der Waals surface area contributed by atoms with Crippen LogP contribution in [0.1, 0.15) is 35.6 Å². The van der Waals surface area contributed by atoms with Gasteiger partial charge in [-0.15, -0.1) is 11.6 Å². The highest BCUT2D eigenvalue weighted by Crippen LogP contribution is 2.20. The number of hydrogen-bond acceptors (Lipinski definition) is 0. The molecule has 0 nitrogen and oxygen atoms in total. The molecule has 0 saturated heterocycles. The first kappa shape index (κ1) is 12.3. The number of aryl methyl sites for hydroxylation is 3. The lowest BCUT2D eigenvalue weighted by Gasteiger charge is -2.09. The Balaban J connectivity index is 3.20. The molecule has 82 valence electrons. The van der Waals surface area contributed by atoms with Crippen LogP contribution in [0.5, 0.6) is 0 Å². The molecule has 0 spiro atoms. The van der Waals surface area contributed by atoms with Gasteiger partial charge in [-0.2, -0.15) is 0 Å². The van der Waals surface area contributed by atoms with Crippen molar-refractivity contribution in [2.24, 2.45) is 0 Å². The Bertz CT molecular complexity index is 346. The molecule has 0 aliphatic heterocycles. The Morgan fingerprint density at radius 3 is 2.13 bits per heavy atom. The monoisotopic (exact) mass is 222 g/mol. The smallest absolute Gasteiger partial charge is 0.0436 e. The van der Waals surface area contributed by atoms with Crippen LogP contribution in [0.2, 0.25) is 0 Å². The largest absolute Gasteiger partial charge is 0.122 e. The molecule has 1 rings (SSSR count). The molecule has 1 heteroatoms. The van der Waals surface area contributed by atoms with Gasteiger partial charge < -0.3 is 0 Å². The van der Waals surface area contributed by atoms with Crippen LogP contribution < -0.4 is 0 Å². The van der Waals surface area contributed by atoms with Crippen LogP contribution in [0, 0.1) is 20.8 Å². The molecule has 0 aliphatic carbocycles. The maximum absolute atomic E-state index is 5.89. The van der Waals surface area contributed by atoms with Gasteiger partial charge >= 0.3 is 0 Å². The molecule has 0 N–H and O–H groups in total. The minimum atomic E-state index is 0.628. The zero-order valence-electron chi connectivity index (χ0n) is 10.0. The van der Waals surface area contributed by atoms with E-state index in [2.05, 4.69) is 45.9 Å². The van der Waals surface area contributed by atoms with Crippen LogP contribution in [0.3, 0.4) is 0 Å². The normalized spacial score (nSPS) is 11.9. The fourth-order valence-corrected chi connectivity index (χ4v) is 2.12. The molecular weight excluding hydrogens is 204 g/mol. The molecule has 0 atom stereocenters. The molecule has 15 heavy (non-hydrogen) atoms. The first-order valence-corrected chi connectivity index (χ1v) is 5.95. The van der Waals surface area contributed by atoms with Crippen LogP contribution >= 0.6 is 11.6 Å². The summed E-state index contributed by atoms with van der Waals surface area (Å²) < 4.78 is 0. The molecule has 0 radical (unpaired) electrons. The van der Waals surface area contributed by atoms with Gasteiger partial charge in [-0.05, 0) is 43.9 Å². The SMILES string of the molecule is CCC(=Cc1c(C)cc(C)cc1C)CCl. The summed E-state index contributed by atoms with van der Waals surface area (Å²) in [5, 5.41) is 0. The van der Waals surface area contributed by atoms with Crippen LogP contribution in [-0.2, 0) is 0 Å². The van der Waals surface area contributed by atoms with E-state index in [4.69, 9.17) is 11.6 Å². The van der Waals surface area contributed by atoms with Gasteiger partial charge in [0.2, 0.25) is 0 Å². The van der Waals surface area contributed by atoms with Gasteiger partial charge in [0.1, 0.15) is 0 Å². The lowest BCUT2D eigenvalue weighted by atomic mass is 9.97. The van der Waals surface area contributed by atoms with E-state index in [1.54, 1.807) is 0 Å². The lowest BCUT2D eigenvalue weighted by Crippen LogP contribution is -1.91. The van der Waals surface area contributed by atoms with Crippen molar-refractivity contribution in [2.75, 3.05) is 5.88 Å². The van der Waals surface area contributed by atoms with Crippen molar-refractivity contribution in [3.63, 3.8) is 0 Å². The van der Waals surface area contributed by atoms with Crippen molar-refractivity contribution in [1.82, 2.24) is 0 Å². The zero-order valence-corrected chi connectivity index (χ0v) is 10.8. The van der Waals surface area contributed by atoms with E-state index in [-0.39, 0.29) is 0 Å². The van der Waals surface area contributed by atoms with Crippen molar-refractivity contribution in [3.05, 3.63) is 40.0 Å². The van der Waals surface area contributed by atoms with Gasteiger partial charge in [0, 0.05) is 5.88 Å². The van der Waals surface area contributed by atoms with E-state index in [9.17, 15) is 0 Å². The maximum atomic E-state index is 5.89. The molecule has 0 amide bonds. The predicted octanol–water partition coefficient (Wildman–Crippen LogP) is 4.64. The van der Waals surface area contributed by atoms with Crippen molar-refractivity contribution in [3.8, 4) is 0 Å². The van der Waals surface area contributed by atoms with Crippen LogP contribution in [0.15, 0.2) is 17.7 Å². The third-order valence-electron chi connectivity index (χ3n) is 2.71. The number of allylic oxidation sites excluding steroid dienone is 1. The molecular formula is C14H19Cl. The topological polar surface area (TPSA) is 0 Å². The van der Waals surface area contributed by atoms with E-state index in [1.807, 2.05) is 0 Å². The van der Waals surface area contributed by atoms with Crippen molar-refractivity contribution in [2.45, 2.75) is 34.1 Å². The Morgan fingerprint density at radius 1 is 1.20 bits per heavy atom. The molecule has 1 aromatic rings. The summed E-state index contributed by atoms with van der Waals surface area (Å²) in [7, 11) is 0. The summed E-state index contributed by atoms with van der Waals surface area (Å²) in [5.74, 6) is 0.628. The van der Waals surface area contributed by atoms with Crippen molar-refractivity contribution in [1.29, 1.82) is 0 Å². The van der Waals surface area contributed by atoms with Crippen LogP contribution in [0.25, 0.3) is 6.08 Å². The first-order chi connectivity index (χ1) is 7.08. The number of benzene rings is 1. The van der Waals surface area contributed by atoms with Gasteiger partial charge in [0.15, 0.2) is 0 Å². The van der Waals surface area contributed by atoms with Crippen molar-refractivity contribution >= 4 is 17.7 Å². The lowest BCUT2D eigenvalue weighted by molar-refractivity contribution is 1.11. The molecule has 0 fully saturated rings. The zero-order chi connectivity index (χ0) is 11.4. The second-order valence-electron chi connectivity index (χ2n) is 4.10. The Hall–Kier alpha value is -0.750. The van der Waals surface area contributed by atoms with E-state index >= 15 is 0 Å². The third-order valence-corrected chi connectivity index (χ3v) is 3.06.